The van der Waals surface area contributed by atoms with Crippen LogP contribution in [0.5, 0.6) is 0 Å². The van der Waals surface area contributed by atoms with Crippen LogP contribution in [0, 0.1) is 0 Å². The Morgan fingerprint density at radius 2 is 2.15 bits per heavy atom. The van der Waals surface area contributed by atoms with Crippen LogP contribution in [0.15, 0.2) is 35.2 Å². The molecule has 0 bridgehead atoms. The van der Waals surface area contributed by atoms with Crippen molar-refractivity contribution < 1.29 is 18.7 Å². The summed E-state index contributed by atoms with van der Waals surface area (Å²) >= 11 is 0. The average Bonchev–Trinajstić information content (AvgIpc) is 2.91. The van der Waals surface area contributed by atoms with E-state index >= 15 is 0 Å². The van der Waals surface area contributed by atoms with Gasteiger partial charge in [0.1, 0.15) is 6.26 Å². The minimum Gasteiger partial charge on any atom is -0.472 e. The van der Waals surface area contributed by atoms with Crippen molar-refractivity contribution in [3.63, 3.8) is 0 Å². The summed E-state index contributed by atoms with van der Waals surface area (Å²) in [6.45, 7) is 7.25. The van der Waals surface area contributed by atoms with Gasteiger partial charge in [-0.05, 0) is 13.0 Å². The second kappa shape index (κ2) is 8.92. The summed E-state index contributed by atoms with van der Waals surface area (Å²) < 4.78 is 10.0. The Labute approximate surface area is 118 Å². The molecule has 0 aromatic carbocycles. The monoisotopic (exact) mass is 280 g/mol. The molecule has 0 radical (unpaired) electrons. The fourth-order valence-corrected chi connectivity index (χ4v) is 1.38. The summed E-state index contributed by atoms with van der Waals surface area (Å²) in [5, 5.41) is 5.33. The third-order valence-electron chi connectivity index (χ3n) is 2.34. The topological polar surface area (TPSA) is 80.6 Å². The number of hydrogen-bond acceptors (Lipinski definition) is 4. The Morgan fingerprint density at radius 3 is 2.80 bits per heavy atom. The van der Waals surface area contributed by atoms with Gasteiger partial charge in [0, 0.05) is 19.5 Å². The second-order valence-electron chi connectivity index (χ2n) is 4.38. The Balaban J connectivity index is 2.03. The van der Waals surface area contributed by atoms with Crippen molar-refractivity contribution in [3.05, 3.63) is 36.3 Å². The Kier molecular flexibility index (Phi) is 7.13. The molecule has 0 saturated heterocycles. The van der Waals surface area contributed by atoms with E-state index in [1.807, 2.05) is 6.92 Å². The minimum absolute atomic E-state index is 0.128. The molecule has 20 heavy (non-hydrogen) atoms. The number of rotatable bonds is 9. The molecule has 0 spiro atoms. The average molecular weight is 280 g/mol. The molecule has 1 rings (SSSR count). The Hall–Kier alpha value is -2.08. The summed E-state index contributed by atoms with van der Waals surface area (Å²) in [5.74, 6) is -0.382. The predicted octanol–water partition coefficient (Wildman–Crippen LogP) is 1.11. The SMILES string of the molecule is C=C(C)COCCNC(=O)CCNC(=O)c1ccoc1. The van der Waals surface area contributed by atoms with E-state index < -0.39 is 0 Å². The van der Waals surface area contributed by atoms with Crippen molar-refractivity contribution in [1.82, 2.24) is 10.6 Å². The van der Waals surface area contributed by atoms with E-state index in [2.05, 4.69) is 17.2 Å². The zero-order chi connectivity index (χ0) is 14.8. The highest BCUT2D eigenvalue weighted by Gasteiger charge is 2.07. The van der Waals surface area contributed by atoms with Crippen LogP contribution < -0.4 is 10.6 Å². The standard InChI is InChI=1S/C14H20N2O4/c1-11(2)9-20-8-6-15-13(17)3-5-16-14(18)12-4-7-19-10-12/h4,7,10H,1,3,5-6,8-9H2,2H3,(H,15,17)(H,16,18). The maximum atomic E-state index is 11.5. The first-order valence-corrected chi connectivity index (χ1v) is 6.39. The number of amides is 2. The van der Waals surface area contributed by atoms with E-state index in [4.69, 9.17) is 9.15 Å². The molecule has 1 aromatic heterocycles. The van der Waals surface area contributed by atoms with Crippen LogP contribution in [0.1, 0.15) is 23.7 Å². The molecule has 2 N–H and O–H groups in total. The van der Waals surface area contributed by atoms with Crippen LogP contribution in [0.2, 0.25) is 0 Å². The molecule has 110 valence electrons. The zero-order valence-corrected chi connectivity index (χ0v) is 11.6. The fraction of sp³-hybridized carbons (Fsp3) is 0.429. The smallest absolute Gasteiger partial charge is 0.254 e. The second-order valence-corrected chi connectivity index (χ2v) is 4.38. The lowest BCUT2D eigenvalue weighted by Crippen LogP contribution is -2.32. The van der Waals surface area contributed by atoms with Crippen LogP contribution in [0.4, 0.5) is 0 Å². The molecule has 0 aliphatic carbocycles. The van der Waals surface area contributed by atoms with Gasteiger partial charge in [0.2, 0.25) is 5.91 Å². The number of carbonyl (C=O) groups is 2. The summed E-state index contributed by atoms with van der Waals surface area (Å²) in [4.78, 5) is 23.0. The first-order chi connectivity index (χ1) is 9.59. The van der Waals surface area contributed by atoms with E-state index in [-0.39, 0.29) is 24.8 Å². The molecule has 0 aliphatic rings. The van der Waals surface area contributed by atoms with Gasteiger partial charge < -0.3 is 19.8 Å². The van der Waals surface area contributed by atoms with E-state index in [0.717, 1.165) is 5.57 Å². The van der Waals surface area contributed by atoms with Gasteiger partial charge in [-0.25, -0.2) is 0 Å². The van der Waals surface area contributed by atoms with Gasteiger partial charge in [-0.1, -0.05) is 12.2 Å². The van der Waals surface area contributed by atoms with Gasteiger partial charge in [0.05, 0.1) is 25.0 Å². The molecule has 0 atom stereocenters. The Morgan fingerprint density at radius 1 is 1.35 bits per heavy atom. The number of carbonyl (C=O) groups excluding carboxylic acids is 2. The van der Waals surface area contributed by atoms with Gasteiger partial charge in [-0.3, -0.25) is 9.59 Å². The van der Waals surface area contributed by atoms with Gasteiger partial charge >= 0.3 is 0 Å². The molecule has 1 aromatic rings. The van der Waals surface area contributed by atoms with Crippen LogP contribution >= 0.6 is 0 Å². The maximum Gasteiger partial charge on any atom is 0.254 e. The van der Waals surface area contributed by atoms with Gasteiger partial charge in [0.15, 0.2) is 0 Å². The molecule has 0 aliphatic heterocycles. The molecular weight excluding hydrogens is 260 g/mol. The fourth-order valence-electron chi connectivity index (χ4n) is 1.38. The lowest BCUT2D eigenvalue weighted by atomic mass is 10.3. The number of nitrogens with one attached hydrogen (secondary N) is 2. The van der Waals surface area contributed by atoms with E-state index in [0.29, 0.717) is 25.3 Å². The predicted molar refractivity (Wildman–Crippen MR) is 74.3 cm³/mol. The number of ether oxygens (including phenoxy) is 1. The first kappa shape index (κ1) is 16.0. The Bertz CT molecular complexity index is 440. The molecule has 6 nitrogen and oxygen atoms in total. The number of furan rings is 1. The molecule has 0 unspecified atom stereocenters. The van der Waals surface area contributed by atoms with Crippen LogP contribution in [0.3, 0.4) is 0 Å². The number of hydrogen-bond donors (Lipinski definition) is 2. The molecular formula is C14H20N2O4. The van der Waals surface area contributed by atoms with E-state index in [1.165, 1.54) is 12.5 Å². The van der Waals surface area contributed by atoms with Crippen molar-refractivity contribution in [2.45, 2.75) is 13.3 Å². The molecule has 2 amide bonds. The van der Waals surface area contributed by atoms with Gasteiger partial charge in [0.25, 0.3) is 5.91 Å². The highest BCUT2D eigenvalue weighted by atomic mass is 16.5. The van der Waals surface area contributed by atoms with Gasteiger partial charge in [-0.2, -0.15) is 0 Å². The van der Waals surface area contributed by atoms with Crippen LogP contribution in [-0.4, -0.2) is 38.1 Å². The van der Waals surface area contributed by atoms with E-state index in [1.54, 1.807) is 6.07 Å². The van der Waals surface area contributed by atoms with Crippen molar-refractivity contribution in [3.8, 4) is 0 Å². The largest absolute Gasteiger partial charge is 0.472 e. The molecule has 1 heterocycles. The van der Waals surface area contributed by atoms with Crippen LogP contribution in [-0.2, 0) is 9.53 Å². The molecule has 0 saturated carbocycles. The lowest BCUT2D eigenvalue weighted by Gasteiger charge is -2.07. The third kappa shape index (κ3) is 6.75. The normalized spacial score (nSPS) is 10.1. The lowest BCUT2D eigenvalue weighted by molar-refractivity contribution is -0.121. The summed E-state index contributed by atoms with van der Waals surface area (Å²) in [6, 6.07) is 1.56. The summed E-state index contributed by atoms with van der Waals surface area (Å²) in [7, 11) is 0. The quantitative estimate of drug-likeness (QED) is 0.524. The van der Waals surface area contributed by atoms with Crippen molar-refractivity contribution in [2.24, 2.45) is 0 Å². The van der Waals surface area contributed by atoms with Gasteiger partial charge in [-0.15, -0.1) is 0 Å². The minimum atomic E-state index is -0.253. The third-order valence-corrected chi connectivity index (χ3v) is 2.34. The van der Waals surface area contributed by atoms with E-state index in [9.17, 15) is 9.59 Å². The van der Waals surface area contributed by atoms with Crippen molar-refractivity contribution >= 4 is 11.8 Å². The first-order valence-electron chi connectivity index (χ1n) is 6.39. The molecule has 6 heteroatoms. The summed E-state index contributed by atoms with van der Waals surface area (Å²) in [6.07, 6.45) is 3.00. The van der Waals surface area contributed by atoms with Crippen LogP contribution in [0.25, 0.3) is 0 Å². The zero-order valence-electron chi connectivity index (χ0n) is 11.6. The highest BCUT2D eigenvalue weighted by Crippen LogP contribution is 1.98. The maximum absolute atomic E-state index is 11.5. The summed E-state index contributed by atoms with van der Waals surface area (Å²) in [5.41, 5.74) is 1.39. The van der Waals surface area contributed by atoms with Crippen molar-refractivity contribution in [2.75, 3.05) is 26.3 Å². The van der Waals surface area contributed by atoms with Crippen molar-refractivity contribution in [1.29, 1.82) is 0 Å². The highest BCUT2D eigenvalue weighted by molar-refractivity contribution is 5.93. The molecule has 0 fully saturated rings.